The second kappa shape index (κ2) is 2.77. The molecule has 0 aromatic carbocycles. The maximum atomic E-state index is 11.5. The molecular weight excluding hydrogens is 259 g/mol. The van der Waals surface area contributed by atoms with Crippen LogP contribution in [0.25, 0.3) is 0 Å². The molecule has 0 bridgehead atoms. The van der Waals surface area contributed by atoms with Crippen LogP contribution in [0, 0.1) is 0 Å². The van der Waals surface area contributed by atoms with Crippen LogP contribution in [0.1, 0.15) is 0 Å². The quantitative estimate of drug-likeness (QED) is 0.416. The van der Waals surface area contributed by atoms with Crippen LogP contribution in [0.15, 0.2) is 0 Å². The molecule has 0 aromatic rings. The van der Waals surface area contributed by atoms with E-state index in [0.29, 0.717) is 0 Å². The first kappa shape index (κ1) is 9.74. The average Bonchev–Trinajstić information content (AvgIpc) is 1.64. The Morgan fingerprint density at radius 3 is 1.33 bits per heavy atom. The fraction of sp³-hybridized carbons (Fsp3) is 1.00. The van der Waals surface area contributed by atoms with Crippen LogP contribution in [0.5, 0.6) is 0 Å². The van der Waals surface area contributed by atoms with Gasteiger partial charge in [0.25, 0.3) is 0 Å². The van der Waals surface area contributed by atoms with Gasteiger partial charge in [-0.25, -0.2) is 0 Å². The van der Waals surface area contributed by atoms with Crippen molar-refractivity contribution in [3.05, 3.63) is 0 Å². The summed E-state index contributed by atoms with van der Waals surface area (Å²) < 4.78 is 51.4. The van der Waals surface area contributed by atoms with E-state index in [1.807, 2.05) is 0 Å². The van der Waals surface area contributed by atoms with Crippen molar-refractivity contribution < 1.29 is 40.4 Å². The van der Waals surface area contributed by atoms with Crippen molar-refractivity contribution in [3.63, 3.8) is 0 Å². The molecule has 0 saturated heterocycles. The van der Waals surface area contributed by atoms with E-state index in [1.54, 1.807) is 0 Å². The van der Waals surface area contributed by atoms with E-state index in [9.17, 15) is 22.0 Å². The van der Waals surface area contributed by atoms with Gasteiger partial charge in [0, 0.05) is 0 Å². The van der Waals surface area contributed by atoms with E-state index >= 15 is 0 Å². The summed E-state index contributed by atoms with van der Waals surface area (Å²) in [5, 5.41) is 0. The number of rotatable bonds is 1. The Balaban J connectivity index is 4.14. The molecule has 0 rings (SSSR count). The van der Waals surface area contributed by atoms with Crippen LogP contribution in [0.2, 0.25) is 0 Å². The zero-order chi connectivity index (χ0) is 7.71. The summed E-state index contributed by atoms with van der Waals surface area (Å²) in [6.45, 7) is 0. The van der Waals surface area contributed by atoms with Gasteiger partial charge in [-0.15, -0.1) is 0 Å². The Morgan fingerprint density at radius 1 is 1.00 bits per heavy atom. The Labute approximate surface area is 61.1 Å². The van der Waals surface area contributed by atoms with E-state index < -0.39 is 28.7 Å². The van der Waals surface area contributed by atoms with Gasteiger partial charge >= 0.3 is 60.8 Å². The summed E-state index contributed by atoms with van der Waals surface area (Å²) in [5.74, 6) is 0. The zero-order valence-corrected chi connectivity index (χ0v) is 6.02. The summed E-state index contributed by atoms with van der Waals surface area (Å²) in [5.41, 5.74) is 0. The van der Waals surface area contributed by atoms with Crippen LogP contribution in [-0.4, -0.2) is 10.3 Å². The van der Waals surface area contributed by atoms with Crippen molar-refractivity contribution in [1.29, 1.82) is 0 Å². The van der Waals surface area contributed by atoms with Gasteiger partial charge in [-0.05, 0) is 0 Å². The number of halogens is 5. The molecule has 0 fully saturated rings. The van der Waals surface area contributed by atoms with E-state index in [2.05, 4.69) is 10.1 Å². The van der Waals surface area contributed by atoms with E-state index in [4.69, 9.17) is 0 Å². The number of hydrogen-bond acceptors (Lipinski definition) is 1. The van der Waals surface area contributed by atoms with Crippen LogP contribution >= 0.6 is 10.1 Å². The minimum atomic E-state index is -5.45. The van der Waals surface area contributed by atoms with Crippen LogP contribution in [0.3, 0.4) is 0 Å². The molecule has 0 atom stereocenters. The monoisotopic (exact) mass is 259 g/mol. The molecule has 0 aliphatic rings. The van der Waals surface area contributed by atoms with Gasteiger partial charge in [-0.3, -0.25) is 0 Å². The van der Waals surface area contributed by atoms with Crippen molar-refractivity contribution in [1.82, 2.24) is 0 Å². The fourth-order valence-electron chi connectivity index (χ4n) is 0.0382. The van der Waals surface area contributed by atoms with Gasteiger partial charge in [0.2, 0.25) is 0 Å². The molecule has 0 aliphatic carbocycles. The third kappa shape index (κ3) is 2.45. The topological polar surface area (TPSA) is 0 Å². The molecule has 9 heavy (non-hydrogen) atoms. The second-order valence-corrected chi connectivity index (χ2v) is 3.07. The molecule has 0 aromatic heterocycles. The van der Waals surface area contributed by atoms with Crippen molar-refractivity contribution in [2.75, 3.05) is 0 Å². The third-order valence-electron chi connectivity index (χ3n) is 0.384. The second-order valence-electron chi connectivity index (χ2n) is 1.01. The van der Waals surface area contributed by atoms with Crippen molar-refractivity contribution in [2.45, 2.75) is 10.3 Å². The number of thiol groups is 1. The molecule has 0 amide bonds. The van der Waals surface area contributed by atoms with Crippen LogP contribution < -0.4 is 0 Å². The summed E-state index contributed by atoms with van der Waals surface area (Å²) in [4.78, 5) is 0. The van der Waals surface area contributed by atoms with Crippen LogP contribution in [-0.2, 0) is 18.4 Å². The Bertz CT molecular complexity index is 97.6. The summed E-state index contributed by atoms with van der Waals surface area (Å²) in [6.07, 6.45) is -5.45. The molecular formula is C2HAgF5S. The summed E-state index contributed by atoms with van der Waals surface area (Å²) >= 11 is -1.75. The SMILES string of the molecule is FC(F)(F)[C](F)(F)[Ag][SH]. The van der Waals surface area contributed by atoms with Gasteiger partial charge in [-0.1, -0.05) is 0 Å². The van der Waals surface area contributed by atoms with Gasteiger partial charge in [0.1, 0.15) is 0 Å². The van der Waals surface area contributed by atoms with E-state index in [-0.39, 0.29) is 0 Å². The molecule has 0 nitrogen and oxygen atoms in total. The van der Waals surface area contributed by atoms with E-state index in [0.717, 1.165) is 0 Å². The first-order valence-electron chi connectivity index (χ1n) is 1.48. The first-order chi connectivity index (χ1) is 3.81. The first-order valence-corrected chi connectivity index (χ1v) is 4.48. The predicted molar refractivity (Wildman–Crippen MR) is 20.0 cm³/mol. The molecule has 61 valence electrons. The Morgan fingerprint density at radius 2 is 1.33 bits per heavy atom. The summed E-state index contributed by atoms with van der Waals surface area (Å²) in [6, 6.07) is 0. The van der Waals surface area contributed by atoms with Gasteiger partial charge in [-0.2, -0.15) is 0 Å². The molecule has 0 heterocycles. The third-order valence-corrected chi connectivity index (χ3v) is 2.22. The minimum absolute atomic E-state index is 1.75. The van der Waals surface area contributed by atoms with Crippen molar-refractivity contribution >= 4 is 10.1 Å². The predicted octanol–water partition coefficient (Wildman–Crippen LogP) is 2.07. The number of hydrogen-bond donors (Lipinski definition) is 1. The zero-order valence-electron chi connectivity index (χ0n) is 3.64. The molecule has 0 radical (unpaired) electrons. The van der Waals surface area contributed by atoms with E-state index in [1.165, 1.54) is 0 Å². The normalized spacial score (nSPS) is 14.4. The molecule has 0 aliphatic heterocycles. The van der Waals surface area contributed by atoms with Crippen LogP contribution in [0.4, 0.5) is 22.0 Å². The van der Waals surface area contributed by atoms with Gasteiger partial charge in [0.05, 0.1) is 0 Å². The fourth-order valence-corrected chi connectivity index (χ4v) is 0.678. The van der Waals surface area contributed by atoms with Crippen molar-refractivity contribution in [2.24, 2.45) is 0 Å². The molecule has 0 unspecified atom stereocenters. The summed E-state index contributed by atoms with van der Waals surface area (Å²) in [7, 11) is 2.85. The Kier molecular flexibility index (Phi) is 3.00. The average molecular weight is 260 g/mol. The molecule has 7 heteroatoms. The molecule has 0 spiro atoms. The molecule has 0 saturated carbocycles. The Hall–Kier alpha value is 0.740. The van der Waals surface area contributed by atoms with Gasteiger partial charge in [0.15, 0.2) is 0 Å². The van der Waals surface area contributed by atoms with Crippen molar-refractivity contribution in [3.8, 4) is 0 Å². The van der Waals surface area contributed by atoms with Gasteiger partial charge < -0.3 is 0 Å². The standard InChI is InChI=1S/C2F5.Ag.H2S/c3-1(4)2(5,6)7;;/h;;1H2/q;+1;/p-1. The number of alkyl halides is 5. The maximum absolute atomic E-state index is 11.5. The molecule has 0 N–H and O–H groups in total.